The second-order valence-electron chi connectivity index (χ2n) is 4.77. The normalized spacial score (nSPS) is 16.5. The third kappa shape index (κ3) is 3.22. The maximum atomic E-state index is 12.9. The Morgan fingerprint density at radius 2 is 2.06 bits per heavy atom. The molecule has 0 aromatic heterocycles. The van der Waals surface area contributed by atoms with E-state index in [-0.39, 0.29) is 11.6 Å². The molecule has 1 saturated carbocycles. The molecule has 1 aromatic carbocycles. The number of amides is 1. The first-order valence-electron chi connectivity index (χ1n) is 6.36. The Labute approximate surface area is 107 Å². The SMILES string of the molecule is Nc1cc(F)ccc1C(=O)N[CH]C1CCCCC1. The first-order valence-corrected chi connectivity index (χ1v) is 6.36. The summed E-state index contributed by atoms with van der Waals surface area (Å²) in [6.07, 6.45) is 5.97. The summed E-state index contributed by atoms with van der Waals surface area (Å²) in [6, 6.07) is 3.82. The maximum absolute atomic E-state index is 12.9. The molecule has 0 unspecified atom stereocenters. The van der Waals surface area contributed by atoms with E-state index in [4.69, 9.17) is 5.73 Å². The Hall–Kier alpha value is -1.58. The number of hydrogen-bond acceptors (Lipinski definition) is 2. The molecule has 1 aromatic rings. The minimum atomic E-state index is -0.430. The Balaban J connectivity index is 1.90. The molecular weight excluding hydrogens is 231 g/mol. The highest BCUT2D eigenvalue weighted by Crippen LogP contribution is 2.25. The van der Waals surface area contributed by atoms with Gasteiger partial charge in [0.15, 0.2) is 0 Å². The van der Waals surface area contributed by atoms with Crippen LogP contribution in [-0.4, -0.2) is 5.91 Å². The van der Waals surface area contributed by atoms with Crippen LogP contribution in [-0.2, 0) is 0 Å². The third-order valence-corrected chi connectivity index (χ3v) is 3.36. The molecule has 3 nitrogen and oxygen atoms in total. The van der Waals surface area contributed by atoms with Crippen molar-refractivity contribution >= 4 is 11.6 Å². The molecule has 0 atom stereocenters. The Morgan fingerprint density at radius 1 is 1.33 bits per heavy atom. The van der Waals surface area contributed by atoms with Gasteiger partial charge in [-0.1, -0.05) is 19.3 Å². The molecule has 1 aliphatic rings. The quantitative estimate of drug-likeness (QED) is 0.809. The molecule has 18 heavy (non-hydrogen) atoms. The molecule has 0 heterocycles. The molecule has 1 amide bonds. The zero-order valence-corrected chi connectivity index (χ0v) is 10.3. The number of carbonyl (C=O) groups is 1. The first kappa shape index (κ1) is 12.9. The number of benzene rings is 1. The fourth-order valence-electron chi connectivity index (χ4n) is 2.31. The summed E-state index contributed by atoms with van der Waals surface area (Å²) in [4.78, 5) is 11.9. The van der Waals surface area contributed by atoms with Gasteiger partial charge in [0.2, 0.25) is 0 Å². The van der Waals surface area contributed by atoms with Crippen molar-refractivity contribution in [1.82, 2.24) is 5.32 Å². The van der Waals surface area contributed by atoms with Crippen LogP contribution in [0.1, 0.15) is 42.5 Å². The van der Waals surface area contributed by atoms with Crippen molar-refractivity contribution in [3.05, 3.63) is 36.1 Å². The summed E-state index contributed by atoms with van der Waals surface area (Å²) in [6.45, 7) is 1.85. The van der Waals surface area contributed by atoms with E-state index in [1.165, 1.54) is 31.4 Å². The summed E-state index contributed by atoms with van der Waals surface area (Å²) in [5.41, 5.74) is 6.11. The minimum absolute atomic E-state index is 0.171. The topological polar surface area (TPSA) is 55.1 Å². The summed E-state index contributed by atoms with van der Waals surface area (Å²) >= 11 is 0. The molecular formula is C14H18FN2O. The predicted octanol–water partition coefficient (Wildman–Crippen LogP) is 2.88. The Bertz CT molecular complexity index is 428. The number of nitrogens with one attached hydrogen (secondary N) is 1. The molecule has 1 fully saturated rings. The average molecular weight is 249 g/mol. The number of nitrogens with two attached hydrogens (primary N) is 1. The van der Waals surface area contributed by atoms with E-state index < -0.39 is 5.82 Å². The van der Waals surface area contributed by atoms with Crippen molar-refractivity contribution in [2.75, 3.05) is 5.73 Å². The van der Waals surface area contributed by atoms with Crippen LogP contribution in [0.15, 0.2) is 18.2 Å². The molecule has 97 valence electrons. The van der Waals surface area contributed by atoms with Crippen molar-refractivity contribution in [2.24, 2.45) is 5.92 Å². The van der Waals surface area contributed by atoms with Crippen LogP contribution in [0.2, 0.25) is 0 Å². The number of hydrogen-bond donors (Lipinski definition) is 2. The highest BCUT2D eigenvalue weighted by molar-refractivity contribution is 5.99. The zero-order valence-electron chi connectivity index (χ0n) is 10.3. The molecule has 4 heteroatoms. The van der Waals surface area contributed by atoms with Gasteiger partial charge in [0.1, 0.15) is 5.82 Å². The van der Waals surface area contributed by atoms with Gasteiger partial charge < -0.3 is 11.1 Å². The van der Waals surface area contributed by atoms with E-state index in [1.54, 1.807) is 0 Å². The number of anilines is 1. The first-order chi connectivity index (χ1) is 8.66. The second kappa shape index (κ2) is 5.85. The van der Waals surface area contributed by atoms with Crippen molar-refractivity contribution in [3.8, 4) is 0 Å². The van der Waals surface area contributed by atoms with Crippen LogP contribution < -0.4 is 11.1 Å². The van der Waals surface area contributed by atoms with Crippen molar-refractivity contribution in [1.29, 1.82) is 0 Å². The largest absolute Gasteiger partial charge is 0.398 e. The molecule has 0 bridgehead atoms. The van der Waals surface area contributed by atoms with Crippen LogP contribution in [0.4, 0.5) is 10.1 Å². The van der Waals surface area contributed by atoms with Gasteiger partial charge in [0, 0.05) is 5.69 Å². The number of halogens is 1. The van der Waals surface area contributed by atoms with Crippen molar-refractivity contribution in [3.63, 3.8) is 0 Å². The van der Waals surface area contributed by atoms with Gasteiger partial charge in [-0.05, 0) is 37.0 Å². The third-order valence-electron chi connectivity index (χ3n) is 3.36. The van der Waals surface area contributed by atoms with Gasteiger partial charge in [-0.3, -0.25) is 4.79 Å². The monoisotopic (exact) mass is 249 g/mol. The lowest BCUT2D eigenvalue weighted by Crippen LogP contribution is -2.26. The highest BCUT2D eigenvalue weighted by atomic mass is 19.1. The molecule has 3 N–H and O–H groups in total. The lowest BCUT2D eigenvalue weighted by Gasteiger charge is -2.21. The van der Waals surface area contributed by atoms with E-state index in [0.29, 0.717) is 11.5 Å². The van der Waals surface area contributed by atoms with E-state index in [0.717, 1.165) is 18.9 Å². The summed E-state index contributed by atoms with van der Waals surface area (Å²) in [5.74, 6) is -0.247. The molecule has 2 rings (SSSR count). The van der Waals surface area contributed by atoms with Gasteiger partial charge in [-0.25, -0.2) is 4.39 Å². The van der Waals surface area contributed by atoms with E-state index in [9.17, 15) is 9.18 Å². The highest BCUT2D eigenvalue weighted by Gasteiger charge is 2.16. The van der Waals surface area contributed by atoms with Crippen LogP contribution in [0.25, 0.3) is 0 Å². The second-order valence-corrected chi connectivity index (χ2v) is 4.77. The van der Waals surface area contributed by atoms with E-state index >= 15 is 0 Å². The molecule has 0 aliphatic heterocycles. The lowest BCUT2D eigenvalue weighted by atomic mass is 9.89. The molecule has 0 saturated heterocycles. The summed E-state index contributed by atoms with van der Waals surface area (Å²) < 4.78 is 12.9. The van der Waals surface area contributed by atoms with E-state index in [2.05, 4.69) is 5.32 Å². The van der Waals surface area contributed by atoms with Crippen molar-refractivity contribution in [2.45, 2.75) is 32.1 Å². The summed E-state index contributed by atoms with van der Waals surface area (Å²) in [7, 11) is 0. The van der Waals surface area contributed by atoms with Gasteiger partial charge in [0.25, 0.3) is 5.91 Å². The number of rotatable bonds is 3. The number of nitrogen functional groups attached to an aromatic ring is 1. The predicted molar refractivity (Wildman–Crippen MR) is 69.2 cm³/mol. The van der Waals surface area contributed by atoms with Crippen LogP contribution in [0.3, 0.4) is 0 Å². The van der Waals surface area contributed by atoms with Crippen LogP contribution >= 0.6 is 0 Å². The summed E-state index contributed by atoms with van der Waals surface area (Å²) in [5, 5.41) is 2.76. The Morgan fingerprint density at radius 3 is 2.72 bits per heavy atom. The average Bonchev–Trinajstić information content (AvgIpc) is 2.37. The van der Waals surface area contributed by atoms with Gasteiger partial charge >= 0.3 is 0 Å². The minimum Gasteiger partial charge on any atom is -0.398 e. The Kier molecular flexibility index (Phi) is 4.18. The van der Waals surface area contributed by atoms with Crippen LogP contribution in [0, 0.1) is 18.3 Å². The van der Waals surface area contributed by atoms with Crippen LogP contribution in [0.5, 0.6) is 0 Å². The fourth-order valence-corrected chi connectivity index (χ4v) is 2.31. The standard InChI is InChI=1S/C14H18FN2O/c15-11-6-7-12(13(16)8-11)14(18)17-9-10-4-2-1-3-5-10/h6-10H,1-5,16H2,(H,17,18). The van der Waals surface area contributed by atoms with Gasteiger partial charge in [-0.2, -0.15) is 0 Å². The molecule has 1 aliphatic carbocycles. The maximum Gasteiger partial charge on any atom is 0.253 e. The fraction of sp³-hybridized carbons (Fsp3) is 0.429. The number of carbonyl (C=O) groups excluding carboxylic acids is 1. The molecule has 1 radical (unpaired) electrons. The van der Waals surface area contributed by atoms with Gasteiger partial charge in [-0.15, -0.1) is 0 Å². The molecule has 0 spiro atoms. The van der Waals surface area contributed by atoms with Crippen molar-refractivity contribution < 1.29 is 9.18 Å². The lowest BCUT2D eigenvalue weighted by molar-refractivity contribution is 0.0958. The van der Waals surface area contributed by atoms with Gasteiger partial charge in [0.05, 0.1) is 12.1 Å². The zero-order chi connectivity index (χ0) is 13.0. The van der Waals surface area contributed by atoms with E-state index in [1.807, 2.05) is 6.54 Å². The smallest absolute Gasteiger partial charge is 0.253 e.